The monoisotopic (exact) mass is 215 g/mol. The Balaban J connectivity index is 1.85. The minimum atomic E-state index is 0.723. The van der Waals surface area contributed by atoms with E-state index in [0.717, 1.165) is 12.6 Å². The first-order valence-electron chi connectivity index (χ1n) is 5.98. The van der Waals surface area contributed by atoms with E-state index in [1.165, 1.54) is 35.9 Å². The maximum absolute atomic E-state index is 4.57. The van der Waals surface area contributed by atoms with Crippen molar-refractivity contribution in [2.24, 2.45) is 7.05 Å². The van der Waals surface area contributed by atoms with Crippen LogP contribution in [-0.2, 0) is 13.6 Å². The standard InChI is InChI=1S/C13H17N3/c1-16-13-8-3-2-7-11(13)12(15-16)9-14-10-5-4-6-10/h2-3,7-8,10,14H,4-6,9H2,1H3. The minimum absolute atomic E-state index is 0.723. The van der Waals surface area contributed by atoms with Gasteiger partial charge in [0.25, 0.3) is 0 Å². The maximum Gasteiger partial charge on any atom is 0.0841 e. The van der Waals surface area contributed by atoms with E-state index in [2.05, 4.69) is 34.7 Å². The van der Waals surface area contributed by atoms with Crippen LogP contribution in [-0.4, -0.2) is 15.8 Å². The van der Waals surface area contributed by atoms with Gasteiger partial charge in [-0.1, -0.05) is 24.6 Å². The van der Waals surface area contributed by atoms with Crippen molar-refractivity contribution in [1.82, 2.24) is 15.1 Å². The highest BCUT2D eigenvalue weighted by Gasteiger charge is 2.17. The quantitative estimate of drug-likeness (QED) is 0.850. The van der Waals surface area contributed by atoms with Gasteiger partial charge >= 0.3 is 0 Å². The molecule has 1 aromatic carbocycles. The molecule has 0 bridgehead atoms. The number of aryl methyl sites for hydroxylation is 1. The SMILES string of the molecule is Cn1nc(CNC2CCC2)c2ccccc21. The number of nitrogens with one attached hydrogen (secondary N) is 1. The van der Waals surface area contributed by atoms with E-state index >= 15 is 0 Å². The molecule has 16 heavy (non-hydrogen) atoms. The number of hydrogen-bond acceptors (Lipinski definition) is 2. The molecule has 0 spiro atoms. The lowest BCUT2D eigenvalue weighted by Crippen LogP contribution is -2.34. The van der Waals surface area contributed by atoms with E-state index in [9.17, 15) is 0 Å². The number of benzene rings is 1. The van der Waals surface area contributed by atoms with E-state index in [1.54, 1.807) is 0 Å². The molecule has 0 saturated heterocycles. The second kappa shape index (κ2) is 3.91. The van der Waals surface area contributed by atoms with Crippen molar-refractivity contribution < 1.29 is 0 Å². The van der Waals surface area contributed by atoms with E-state index < -0.39 is 0 Å². The molecule has 1 aliphatic rings. The van der Waals surface area contributed by atoms with E-state index in [-0.39, 0.29) is 0 Å². The summed E-state index contributed by atoms with van der Waals surface area (Å²) in [4.78, 5) is 0. The average Bonchev–Trinajstić information content (AvgIpc) is 2.55. The molecule has 0 unspecified atom stereocenters. The van der Waals surface area contributed by atoms with Crippen molar-refractivity contribution in [2.75, 3.05) is 0 Å². The molecule has 1 heterocycles. The smallest absolute Gasteiger partial charge is 0.0841 e. The Hall–Kier alpha value is -1.35. The zero-order chi connectivity index (χ0) is 11.0. The lowest BCUT2D eigenvalue weighted by Gasteiger charge is -2.26. The fourth-order valence-corrected chi connectivity index (χ4v) is 2.27. The van der Waals surface area contributed by atoms with Gasteiger partial charge in [-0.3, -0.25) is 4.68 Å². The van der Waals surface area contributed by atoms with E-state index in [4.69, 9.17) is 0 Å². The fraction of sp³-hybridized carbons (Fsp3) is 0.462. The summed E-state index contributed by atoms with van der Waals surface area (Å²) in [5, 5.41) is 9.41. The number of hydrogen-bond donors (Lipinski definition) is 1. The first-order chi connectivity index (χ1) is 7.84. The Morgan fingerprint density at radius 2 is 2.19 bits per heavy atom. The summed E-state index contributed by atoms with van der Waals surface area (Å²) in [6, 6.07) is 9.14. The van der Waals surface area contributed by atoms with Crippen molar-refractivity contribution in [1.29, 1.82) is 0 Å². The third-order valence-corrected chi connectivity index (χ3v) is 3.50. The lowest BCUT2D eigenvalue weighted by atomic mass is 9.93. The molecule has 1 N–H and O–H groups in total. The third-order valence-electron chi connectivity index (χ3n) is 3.50. The van der Waals surface area contributed by atoms with Gasteiger partial charge in [0.1, 0.15) is 0 Å². The van der Waals surface area contributed by atoms with Crippen LogP contribution in [0.1, 0.15) is 25.0 Å². The Morgan fingerprint density at radius 1 is 1.38 bits per heavy atom. The summed E-state index contributed by atoms with van der Waals surface area (Å²) in [6.07, 6.45) is 4.02. The van der Waals surface area contributed by atoms with E-state index in [0.29, 0.717) is 0 Å². The molecular formula is C13H17N3. The van der Waals surface area contributed by atoms with Gasteiger partial charge in [-0.2, -0.15) is 5.10 Å². The van der Waals surface area contributed by atoms with Gasteiger partial charge < -0.3 is 5.32 Å². The predicted molar refractivity (Wildman–Crippen MR) is 65.2 cm³/mol. The molecule has 1 aliphatic carbocycles. The molecule has 1 fully saturated rings. The Bertz CT molecular complexity index is 497. The first-order valence-corrected chi connectivity index (χ1v) is 5.98. The third kappa shape index (κ3) is 1.61. The van der Waals surface area contributed by atoms with Gasteiger partial charge in [-0.05, 0) is 18.9 Å². The molecule has 0 atom stereocenters. The van der Waals surface area contributed by atoms with Crippen LogP contribution in [0.25, 0.3) is 10.9 Å². The minimum Gasteiger partial charge on any atom is -0.308 e. The zero-order valence-electron chi connectivity index (χ0n) is 9.61. The van der Waals surface area contributed by atoms with Gasteiger partial charge in [-0.15, -0.1) is 0 Å². The summed E-state index contributed by atoms with van der Waals surface area (Å²) in [5.41, 5.74) is 2.39. The molecule has 0 amide bonds. The number of rotatable bonds is 3. The molecule has 2 aromatic rings. The number of para-hydroxylation sites is 1. The van der Waals surface area contributed by atoms with Crippen molar-refractivity contribution in [3.05, 3.63) is 30.0 Å². The largest absolute Gasteiger partial charge is 0.308 e. The van der Waals surface area contributed by atoms with Crippen LogP contribution in [0, 0.1) is 0 Å². The van der Waals surface area contributed by atoms with Gasteiger partial charge in [-0.25, -0.2) is 0 Å². The topological polar surface area (TPSA) is 29.9 Å². The molecule has 1 saturated carbocycles. The highest BCUT2D eigenvalue weighted by Crippen LogP contribution is 2.21. The van der Waals surface area contributed by atoms with Gasteiger partial charge in [0, 0.05) is 25.0 Å². The summed E-state index contributed by atoms with van der Waals surface area (Å²) >= 11 is 0. The lowest BCUT2D eigenvalue weighted by molar-refractivity contribution is 0.337. The summed E-state index contributed by atoms with van der Waals surface area (Å²) < 4.78 is 1.97. The van der Waals surface area contributed by atoms with Crippen LogP contribution in [0.4, 0.5) is 0 Å². The van der Waals surface area contributed by atoms with Crippen LogP contribution >= 0.6 is 0 Å². The maximum atomic E-state index is 4.57. The van der Waals surface area contributed by atoms with Crippen molar-refractivity contribution in [3.63, 3.8) is 0 Å². The van der Waals surface area contributed by atoms with E-state index in [1.807, 2.05) is 11.7 Å². The average molecular weight is 215 g/mol. The van der Waals surface area contributed by atoms with Crippen molar-refractivity contribution in [3.8, 4) is 0 Å². The van der Waals surface area contributed by atoms with Crippen LogP contribution in [0.5, 0.6) is 0 Å². The van der Waals surface area contributed by atoms with Crippen molar-refractivity contribution in [2.45, 2.75) is 31.8 Å². The molecule has 0 radical (unpaired) electrons. The molecule has 3 heteroatoms. The first kappa shape index (κ1) is 9.85. The van der Waals surface area contributed by atoms with Crippen LogP contribution in [0.15, 0.2) is 24.3 Å². The zero-order valence-corrected chi connectivity index (χ0v) is 9.61. The summed E-state index contributed by atoms with van der Waals surface area (Å²) in [5.74, 6) is 0. The molecule has 84 valence electrons. The van der Waals surface area contributed by atoms with Gasteiger partial charge in [0.2, 0.25) is 0 Å². The molecule has 3 nitrogen and oxygen atoms in total. The second-order valence-corrected chi connectivity index (χ2v) is 4.60. The molecule has 1 aromatic heterocycles. The molecule has 0 aliphatic heterocycles. The Kier molecular flexibility index (Phi) is 2.40. The fourth-order valence-electron chi connectivity index (χ4n) is 2.27. The summed E-state index contributed by atoms with van der Waals surface area (Å²) in [6.45, 7) is 0.895. The highest BCUT2D eigenvalue weighted by atomic mass is 15.3. The van der Waals surface area contributed by atoms with Crippen molar-refractivity contribution >= 4 is 10.9 Å². The highest BCUT2D eigenvalue weighted by molar-refractivity contribution is 5.81. The Labute approximate surface area is 95.5 Å². The molecular weight excluding hydrogens is 198 g/mol. The van der Waals surface area contributed by atoms with Gasteiger partial charge in [0.05, 0.1) is 11.2 Å². The number of nitrogens with zero attached hydrogens (tertiary/aromatic N) is 2. The van der Waals surface area contributed by atoms with Gasteiger partial charge in [0.15, 0.2) is 0 Å². The van der Waals surface area contributed by atoms with Crippen LogP contribution < -0.4 is 5.32 Å². The van der Waals surface area contributed by atoms with Crippen LogP contribution in [0.2, 0.25) is 0 Å². The normalized spacial score (nSPS) is 16.6. The molecule has 3 rings (SSSR count). The summed E-state index contributed by atoms with van der Waals surface area (Å²) in [7, 11) is 2.01. The van der Waals surface area contributed by atoms with Crippen LogP contribution in [0.3, 0.4) is 0 Å². The second-order valence-electron chi connectivity index (χ2n) is 4.60. The Morgan fingerprint density at radius 3 is 2.94 bits per heavy atom. The predicted octanol–water partition coefficient (Wildman–Crippen LogP) is 2.22. The number of aromatic nitrogens is 2. The number of fused-ring (bicyclic) bond motifs is 1.